The Labute approximate surface area is 186 Å². The summed E-state index contributed by atoms with van der Waals surface area (Å²) in [4.78, 5) is 33.0. The number of rotatable bonds is 5. The van der Waals surface area contributed by atoms with Gasteiger partial charge in [0.2, 0.25) is 5.76 Å². The van der Waals surface area contributed by atoms with Crippen molar-refractivity contribution in [1.29, 1.82) is 0 Å². The zero-order chi connectivity index (χ0) is 22.4. The topological polar surface area (TPSA) is 91.1 Å². The van der Waals surface area contributed by atoms with E-state index in [2.05, 4.69) is 4.98 Å². The minimum Gasteiger partial charge on any atom is -0.497 e. The van der Waals surface area contributed by atoms with Gasteiger partial charge in [-0.05, 0) is 30.3 Å². The van der Waals surface area contributed by atoms with E-state index in [1.165, 1.54) is 30.5 Å². The zero-order valence-electron chi connectivity index (χ0n) is 17.4. The van der Waals surface area contributed by atoms with E-state index in [1.807, 2.05) is 0 Å². The lowest BCUT2D eigenvalue weighted by molar-refractivity contribution is 0.0970. The molecule has 0 saturated carbocycles. The fourth-order valence-electron chi connectivity index (χ4n) is 3.96. The molecular formula is C23H18N2O6S. The van der Waals surface area contributed by atoms with Crippen molar-refractivity contribution in [2.75, 3.05) is 26.2 Å². The van der Waals surface area contributed by atoms with Gasteiger partial charge in [0, 0.05) is 23.2 Å². The first kappa shape index (κ1) is 20.1. The SMILES string of the molecule is COc1ccc(OC)c([C@@H]2c3c(oc4cc(OC)ccc4c3=O)C(=O)N2c2nccs2)c1. The van der Waals surface area contributed by atoms with Crippen molar-refractivity contribution in [2.45, 2.75) is 6.04 Å². The van der Waals surface area contributed by atoms with Crippen molar-refractivity contribution in [3.05, 3.63) is 75.1 Å². The lowest BCUT2D eigenvalue weighted by atomic mass is 9.97. The second kappa shape index (κ2) is 7.69. The molecule has 0 unspecified atom stereocenters. The quantitative estimate of drug-likeness (QED) is 0.453. The number of aromatic nitrogens is 1. The largest absolute Gasteiger partial charge is 0.497 e. The zero-order valence-corrected chi connectivity index (χ0v) is 18.3. The lowest BCUT2D eigenvalue weighted by Crippen LogP contribution is -2.29. The van der Waals surface area contributed by atoms with Crippen LogP contribution in [0.3, 0.4) is 0 Å². The molecule has 8 nitrogen and oxygen atoms in total. The number of hydrogen-bond donors (Lipinski definition) is 0. The molecule has 2 aromatic heterocycles. The van der Waals surface area contributed by atoms with E-state index in [-0.39, 0.29) is 22.3 Å². The van der Waals surface area contributed by atoms with E-state index in [4.69, 9.17) is 18.6 Å². The predicted octanol–water partition coefficient (Wildman–Crippen LogP) is 4.03. The third kappa shape index (κ3) is 2.93. The Balaban J connectivity index is 1.84. The molecule has 2 aromatic carbocycles. The molecule has 0 fully saturated rings. The van der Waals surface area contributed by atoms with Crippen LogP contribution in [0.4, 0.5) is 5.13 Å². The number of methoxy groups -OCH3 is 3. The van der Waals surface area contributed by atoms with E-state index < -0.39 is 11.9 Å². The van der Waals surface area contributed by atoms with Crippen molar-refractivity contribution in [2.24, 2.45) is 0 Å². The molecule has 1 atom stereocenters. The molecule has 5 rings (SSSR count). The van der Waals surface area contributed by atoms with Crippen LogP contribution in [0.1, 0.15) is 27.7 Å². The summed E-state index contributed by atoms with van der Waals surface area (Å²) in [6.07, 6.45) is 1.60. The van der Waals surface area contributed by atoms with Crippen LogP contribution in [-0.2, 0) is 0 Å². The molecule has 0 radical (unpaired) electrons. The van der Waals surface area contributed by atoms with Crippen LogP contribution in [0, 0.1) is 0 Å². The van der Waals surface area contributed by atoms with Gasteiger partial charge in [-0.15, -0.1) is 11.3 Å². The standard InChI is InChI=1S/C23H18N2O6S/c1-28-12-5-7-16(30-3)15(10-12)19-18-20(26)14-6-4-13(29-2)11-17(14)31-21(18)22(27)25(19)23-24-8-9-32-23/h4-11,19H,1-3H3/t19-/m1/s1. The molecule has 0 aliphatic carbocycles. The van der Waals surface area contributed by atoms with E-state index >= 15 is 0 Å². The Morgan fingerprint density at radius 3 is 2.44 bits per heavy atom. The summed E-state index contributed by atoms with van der Waals surface area (Å²) < 4.78 is 22.2. The Bertz CT molecular complexity index is 1400. The van der Waals surface area contributed by atoms with Crippen LogP contribution in [0.2, 0.25) is 0 Å². The van der Waals surface area contributed by atoms with Crippen molar-refractivity contribution in [3.63, 3.8) is 0 Å². The minimum absolute atomic E-state index is 0.0270. The van der Waals surface area contributed by atoms with Gasteiger partial charge in [0.25, 0.3) is 5.91 Å². The molecule has 1 aliphatic rings. The summed E-state index contributed by atoms with van der Waals surface area (Å²) in [6.45, 7) is 0. The molecule has 162 valence electrons. The summed E-state index contributed by atoms with van der Waals surface area (Å²) >= 11 is 1.29. The fourth-order valence-corrected chi connectivity index (χ4v) is 4.62. The molecule has 0 N–H and O–H groups in total. The molecule has 32 heavy (non-hydrogen) atoms. The molecule has 1 amide bonds. The Morgan fingerprint density at radius 2 is 1.75 bits per heavy atom. The molecule has 4 aromatic rings. The van der Waals surface area contributed by atoms with Crippen LogP contribution in [0.5, 0.6) is 17.2 Å². The number of thiazole rings is 1. The molecule has 1 aliphatic heterocycles. The van der Waals surface area contributed by atoms with Crippen LogP contribution in [0.25, 0.3) is 11.0 Å². The summed E-state index contributed by atoms with van der Waals surface area (Å²) in [5, 5.41) is 2.56. The van der Waals surface area contributed by atoms with Gasteiger partial charge >= 0.3 is 0 Å². The van der Waals surface area contributed by atoms with Crippen LogP contribution in [0.15, 0.2) is 57.2 Å². The Kier molecular flexibility index (Phi) is 4.82. The number of amides is 1. The van der Waals surface area contributed by atoms with Gasteiger partial charge in [0.05, 0.1) is 32.3 Å². The molecule has 9 heteroatoms. The highest BCUT2D eigenvalue weighted by atomic mass is 32.1. The smallest absolute Gasteiger partial charge is 0.297 e. The number of carbonyl (C=O) groups is 1. The molecule has 0 saturated heterocycles. The van der Waals surface area contributed by atoms with E-state index in [1.54, 1.807) is 55.1 Å². The first-order valence-corrected chi connectivity index (χ1v) is 10.5. The van der Waals surface area contributed by atoms with Gasteiger partial charge in [0.15, 0.2) is 10.6 Å². The molecule has 0 spiro atoms. The third-order valence-corrected chi connectivity index (χ3v) is 6.21. The van der Waals surface area contributed by atoms with Gasteiger partial charge < -0.3 is 18.6 Å². The molecular weight excluding hydrogens is 432 g/mol. The second-order valence-electron chi connectivity index (χ2n) is 7.04. The third-order valence-electron chi connectivity index (χ3n) is 5.44. The molecule has 3 heterocycles. The Hall–Kier alpha value is -3.85. The second-order valence-corrected chi connectivity index (χ2v) is 7.91. The Morgan fingerprint density at radius 1 is 1.00 bits per heavy atom. The number of ether oxygens (including phenoxy) is 3. The van der Waals surface area contributed by atoms with Gasteiger partial charge in [0.1, 0.15) is 28.9 Å². The number of carbonyl (C=O) groups excluding carboxylic acids is 1. The maximum Gasteiger partial charge on any atom is 0.297 e. The van der Waals surface area contributed by atoms with E-state index in [0.717, 1.165) is 0 Å². The van der Waals surface area contributed by atoms with Crippen molar-refractivity contribution in [1.82, 2.24) is 4.98 Å². The maximum absolute atomic E-state index is 13.6. The average Bonchev–Trinajstić information content (AvgIpc) is 3.45. The van der Waals surface area contributed by atoms with Gasteiger partial charge in [-0.3, -0.25) is 14.5 Å². The number of hydrogen-bond acceptors (Lipinski definition) is 8. The van der Waals surface area contributed by atoms with Crippen LogP contribution < -0.4 is 24.5 Å². The average molecular weight is 450 g/mol. The first-order valence-electron chi connectivity index (χ1n) is 9.67. The highest BCUT2D eigenvalue weighted by Gasteiger charge is 2.46. The van der Waals surface area contributed by atoms with Gasteiger partial charge in [-0.1, -0.05) is 0 Å². The number of nitrogens with zero attached hydrogens (tertiary/aromatic N) is 2. The number of anilines is 1. The minimum atomic E-state index is -0.795. The lowest BCUT2D eigenvalue weighted by Gasteiger charge is -2.24. The van der Waals surface area contributed by atoms with Gasteiger partial charge in [-0.2, -0.15) is 0 Å². The van der Waals surface area contributed by atoms with E-state index in [0.29, 0.717) is 33.3 Å². The molecule has 0 bridgehead atoms. The van der Waals surface area contributed by atoms with Crippen LogP contribution >= 0.6 is 11.3 Å². The normalized spacial score (nSPS) is 15.2. The monoisotopic (exact) mass is 450 g/mol. The number of fused-ring (bicyclic) bond motifs is 2. The highest BCUT2D eigenvalue weighted by molar-refractivity contribution is 7.13. The van der Waals surface area contributed by atoms with Crippen molar-refractivity contribution in [3.8, 4) is 17.2 Å². The van der Waals surface area contributed by atoms with E-state index in [9.17, 15) is 9.59 Å². The van der Waals surface area contributed by atoms with Crippen molar-refractivity contribution < 1.29 is 23.4 Å². The fraction of sp³-hybridized carbons (Fsp3) is 0.174. The van der Waals surface area contributed by atoms with Crippen LogP contribution in [-0.4, -0.2) is 32.2 Å². The number of benzene rings is 2. The summed E-state index contributed by atoms with van der Waals surface area (Å²) in [5.41, 5.74) is 0.800. The highest BCUT2D eigenvalue weighted by Crippen LogP contribution is 2.45. The summed E-state index contributed by atoms with van der Waals surface area (Å²) in [5.74, 6) is 1.12. The summed E-state index contributed by atoms with van der Waals surface area (Å²) in [6, 6.07) is 9.37. The predicted molar refractivity (Wildman–Crippen MR) is 119 cm³/mol. The van der Waals surface area contributed by atoms with Gasteiger partial charge in [-0.25, -0.2) is 4.98 Å². The maximum atomic E-state index is 13.6. The van der Waals surface area contributed by atoms with Crippen molar-refractivity contribution >= 4 is 33.3 Å². The first-order chi connectivity index (χ1) is 15.6. The summed E-state index contributed by atoms with van der Waals surface area (Å²) in [7, 11) is 4.60.